The Balaban J connectivity index is 1.74. The van der Waals surface area contributed by atoms with E-state index in [9.17, 15) is 4.79 Å². The predicted octanol–water partition coefficient (Wildman–Crippen LogP) is 1.72. The van der Waals surface area contributed by atoms with Crippen molar-refractivity contribution < 1.29 is 4.74 Å². The maximum absolute atomic E-state index is 11.8. The first-order valence-electron chi connectivity index (χ1n) is 8.58. The van der Waals surface area contributed by atoms with Crippen LogP contribution in [0.5, 0.6) is 0 Å². The number of nitrogens with zero attached hydrogens (tertiary/aromatic N) is 3. The number of hydrogen-bond acceptors (Lipinski definition) is 5. The molecule has 0 radical (unpaired) electrons. The van der Waals surface area contributed by atoms with Crippen LogP contribution in [-0.4, -0.2) is 44.6 Å². The molecule has 1 fully saturated rings. The molecule has 7 heteroatoms. The van der Waals surface area contributed by atoms with Crippen LogP contribution in [0.1, 0.15) is 48.8 Å². The molecule has 2 aromatic rings. The van der Waals surface area contributed by atoms with Crippen molar-refractivity contribution >= 4 is 0 Å². The minimum absolute atomic E-state index is 0.0119. The Morgan fingerprint density at radius 3 is 3.08 bits per heavy atom. The molecule has 130 valence electrons. The van der Waals surface area contributed by atoms with Gasteiger partial charge >= 0.3 is 0 Å². The Bertz CT molecular complexity index is 724. The number of nitrogens with one attached hydrogen (secondary N) is 2. The smallest absolute Gasteiger partial charge is 0.251 e. The van der Waals surface area contributed by atoms with Crippen molar-refractivity contribution in [3.05, 3.63) is 45.7 Å². The van der Waals surface area contributed by atoms with Gasteiger partial charge in [-0.3, -0.25) is 9.69 Å². The summed E-state index contributed by atoms with van der Waals surface area (Å²) in [4.78, 5) is 29.1. The molecule has 2 N–H and O–H groups in total. The van der Waals surface area contributed by atoms with Crippen LogP contribution >= 0.6 is 0 Å². The number of imidazole rings is 1. The number of aryl methyl sites for hydroxylation is 2. The molecule has 1 atom stereocenters. The second-order valence-electron chi connectivity index (χ2n) is 6.28. The fourth-order valence-electron chi connectivity index (χ4n) is 3.05. The second kappa shape index (κ2) is 7.72. The lowest BCUT2D eigenvalue weighted by Gasteiger charge is -2.34. The monoisotopic (exact) mass is 331 g/mol. The average Bonchev–Trinajstić information content (AvgIpc) is 3.00. The lowest BCUT2D eigenvalue weighted by atomic mass is 10.1. The summed E-state index contributed by atoms with van der Waals surface area (Å²) in [5.41, 5.74) is 1.74. The molecule has 0 spiro atoms. The summed E-state index contributed by atoms with van der Waals surface area (Å²) >= 11 is 0. The zero-order chi connectivity index (χ0) is 16.9. The number of rotatable bonds is 6. The number of hydrogen-bond donors (Lipinski definition) is 2. The average molecular weight is 331 g/mol. The lowest BCUT2D eigenvalue weighted by Crippen LogP contribution is -2.40. The van der Waals surface area contributed by atoms with Crippen LogP contribution in [0.15, 0.2) is 17.1 Å². The molecule has 0 amide bonds. The number of H-pyrrole nitrogens is 2. The molecule has 0 bridgehead atoms. The molecule has 7 nitrogen and oxygen atoms in total. The first-order valence-corrected chi connectivity index (χ1v) is 8.58. The van der Waals surface area contributed by atoms with Gasteiger partial charge in [0.1, 0.15) is 11.6 Å². The van der Waals surface area contributed by atoms with Gasteiger partial charge in [0.05, 0.1) is 24.9 Å². The van der Waals surface area contributed by atoms with Gasteiger partial charge in [0.2, 0.25) is 0 Å². The van der Waals surface area contributed by atoms with Crippen molar-refractivity contribution in [2.75, 3.05) is 19.8 Å². The Morgan fingerprint density at radius 1 is 1.42 bits per heavy atom. The van der Waals surface area contributed by atoms with Gasteiger partial charge in [0, 0.05) is 37.5 Å². The number of aromatic amines is 2. The van der Waals surface area contributed by atoms with Crippen LogP contribution in [0.25, 0.3) is 0 Å². The summed E-state index contributed by atoms with van der Waals surface area (Å²) in [5, 5.41) is 0. The van der Waals surface area contributed by atoms with E-state index in [4.69, 9.17) is 4.74 Å². The van der Waals surface area contributed by atoms with Crippen LogP contribution < -0.4 is 5.56 Å². The minimum atomic E-state index is -0.119. The third-order valence-electron chi connectivity index (χ3n) is 4.28. The molecule has 3 heterocycles. The van der Waals surface area contributed by atoms with Gasteiger partial charge in [0.25, 0.3) is 5.56 Å². The predicted molar refractivity (Wildman–Crippen MR) is 90.8 cm³/mol. The van der Waals surface area contributed by atoms with E-state index in [0.29, 0.717) is 19.0 Å². The highest BCUT2D eigenvalue weighted by atomic mass is 16.5. The van der Waals surface area contributed by atoms with E-state index in [-0.39, 0.29) is 11.6 Å². The Labute approximate surface area is 141 Å². The zero-order valence-electron chi connectivity index (χ0n) is 14.3. The first-order chi connectivity index (χ1) is 11.7. The summed E-state index contributed by atoms with van der Waals surface area (Å²) in [7, 11) is 0. The summed E-state index contributed by atoms with van der Waals surface area (Å²) in [6, 6.07) is 1.56. The van der Waals surface area contributed by atoms with Crippen LogP contribution in [0.4, 0.5) is 0 Å². The van der Waals surface area contributed by atoms with Crippen molar-refractivity contribution in [3.8, 4) is 0 Å². The largest absolute Gasteiger partial charge is 0.378 e. The van der Waals surface area contributed by atoms with Crippen molar-refractivity contribution in [1.82, 2.24) is 24.8 Å². The fourth-order valence-corrected chi connectivity index (χ4v) is 3.05. The highest BCUT2D eigenvalue weighted by molar-refractivity contribution is 5.10. The summed E-state index contributed by atoms with van der Waals surface area (Å²) in [6.45, 7) is 6.77. The minimum Gasteiger partial charge on any atom is -0.378 e. The van der Waals surface area contributed by atoms with E-state index in [1.54, 1.807) is 13.0 Å². The van der Waals surface area contributed by atoms with E-state index in [1.165, 1.54) is 0 Å². The summed E-state index contributed by atoms with van der Waals surface area (Å²) in [5.74, 6) is 1.67. The van der Waals surface area contributed by atoms with Crippen LogP contribution in [-0.2, 0) is 17.7 Å². The highest BCUT2D eigenvalue weighted by Crippen LogP contribution is 2.23. The standard InChI is InChI=1S/C17H25N5O2/c1-3-4-5-16-18-9-13(21-16)10-22-6-7-24-11-15(22)14-8-17(23)20-12(2)19-14/h8-9,15H,3-7,10-11H2,1-2H3,(H,18,21)(H,19,20,23)/t15-/m1/s1. The van der Waals surface area contributed by atoms with Crippen molar-refractivity contribution in [2.24, 2.45) is 0 Å². The fraction of sp³-hybridized carbons (Fsp3) is 0.588. The molecular formula is C17H25N5O2. The van der Waals surface area contributed by atoms with Gasteiger partial charge in [-0.25, -0.2) is 9.97 Å². The van der Waals surface area contributed by atoms with Crippen LogP contribution in [0.2, 0.25) is 0 Å². The summed E-state index contributed by atoms with van der Waals surface area (Å²) < 4.78 is 5.62. The molecule has 24 heavy (non-hydrogen) atoms. The number of unbranched alkanes of at least 4 members (excludes halogenated alkanes) is 1. The molecule has 1 saturated heterocycles. The van der Waals surface area contributed by atoms with Gasteiger partial charge in [-0.1, -0.05) is 13.3 Å². The highest BCUT2D eigenvalue weighted by Gasteiger charge is 2.26. The molecule has 0 aromatic carbocycles. The SMILES string of the molecule is CCCCc1ncc(CN2CCOC[C@@H]2c2cc(=O)[nH]c(C)n2)[nH]1. The molecule has 1 aliphatic heterocycles. The maximum Gasteiger partial charge on any atom is 0.251 e. The van der Waals surface area contributed by atoms with Crippen molar-refractivity contribution in [2.45, 2.75) is 45.7 Å². The second-order valence-corrected chi connectivity index (χ2v) is 6.28. The van der Waals surface area contributed by atoms with Crippen molar-refractivity contribution in [3.63, 3.8) is 0 Å². The Kier molecular flexibility index (Phi) is 5.42. The Morgan fingerprint density at radius 2 is 2.29 bits per heavy atom. The molecule has 1 aliphatic rings. The van der Waals surface area contributed by atoms with Gasteiger partial charge < -0.3 is 14.7 Å². The van der Waals surface area contributed by atoms with Gasteiger partial charge in [-0.2, -0.15) is 0 Å². The first kappa shape index (κ1) is 16.9. The van der Waals surface area contributed by atoms with E-state index < -0.39 is 0 Å². The number of ether oxygens (including phenoxy) is 1. The molecule has 3 rings (SSSR count). The normalized spacial score (nSPS) is 18.8. The third kappa shape index (κ3) is 4.10. The summed E-state index contributed by atoms with van der Waals surface area (Å²) in [6.07, 6.45) is 5.20. The molecule has 0 unspecified atom stereocenters. The van der Waals surface area contributed by atoms with Gasteiger partial charge in [-0.05, 0) is 13.3 Å². The topological polar surface area (TPSA) is 86.9 Å². The quantitative estimate of drug-likeness (QED) is 0.841. The van der Waals surface area contributed by atoms with Gasteiger partial charge in [0.15, 0.2) is 0 Å². The van der Waals surface area contributed by atoms with Gasteiger partial charge in [-0.15, -0.1) is 0 Å². The molecule has 0 aliphatic carbocycles. The molecule has 0 saturated carbocycles. The van der Waals surface area contributed by atoms with Crippen LogP contribution in [0.3, 0.4) is 0 Å². The number of aromatic nitrogens is 4. The Hall–Kier alpha value is -1.99. The van der Waals surface area contributed by atoms with E-state index in [0.717, 1.165) is 49.6 Å². The van der Waals surface area contributed by atoms with Crippen LogP contribution in [0, 0.1) is 6.92 Å². The van der Waals surface area contributed by atoms with E-state index in [1.807, 2.05) is 6.20 Å². The third-order valence-corrected chi connectivity index (χ3v) is 4.28. The molecular weight excluding hydrogens is 306 g/mol. The number of morpholine rings is 1. The lowest BCUT2D eigenvalue weighted by molar-refractivity contribution is -0.0148. The zero-order valence-corrected chi connectivity index (χ0v) is 14.3. The van der Waals surface area contributed by atoms with E-state index >= 15 is 0 Å². The van der Waals surface area contributed by atoms with Crippen molar-refractivity contribution in [1.29, 1.82) is 0 Å². The maximum atomic E-state index is 11.8. The molecule has 2 aromatic heterocycles. The van der Waals surface area contributed by atoms with E-state index in [2.05, 4.69) is 31.8 Å².